The number of rotatable bonds is 4. The number of hydrogen-bond donors (Lipinski definition) is 0. The van der Waals surface area contributed by atoms with E-state index in [1.807, 2.05) is 66.7 Å². The topological polar surface area (TPSA) is 68.3 Å². The minimum atomic E-state index is -1.37. The van der Waals surface area contributed by atoms with Gasteiger partial charge in [0.1, 0.15) is 17.5 Å². The van der Waals surface area contributed by atoms with E-state index in [4.69, 9.17) is 0 Å². The highest BCUT2D eigenvalue weighted by atomic mass is 16.2. The molecule has 0 unspecified atom stereocenters. The molecule has 37 heavy (non-hydrogen) atoms. The van der Waals surface area contributed by atoms with E-state index in [9.17, 15) is 19.2 Å². The van der Waals surface area contributed by atoms with Gasteiger partial charge in [-0.05, 0) is 22.3 Å². The standard InChI is InChI=1S/C33H24O4/c34-20-21-10-12-22(13-11-21)23-14-16-25(17-15-23)30-19-26(35)18-29(24-6-2-1-3-7-24)33(30)31(36)27-8-4-5-9-28(27)32(33)37/h1-17,20,29-30H,18-19H2/t29-,30+/m1/s1. The maximum atomic E-state index is 14.2. The molecule has 0 amide bonds. The number of fused-ring (bicyclic) bond motifs is 1. The fraction of sp³-hybridized carbons (Fsp3) is 0.152. The first-order valence-corrected chi connectivity index (χ1v) is 12.4. The number of carbonyl (C=O) groups excluding carboxylic acids is 4. The van der Waals surface area contributed by atoms with Crippen LogP contribution in [0, 0.1) is 5.41 Å². The van der Waals surface area contributed by atoms with Gasteiger partial charge in [0.25, 0.3) is 0 Å². The highest BCUT2D eigenvalue weighted by Crippen LogP contribution is 2.60. The third-order valence-corrected chi connectivity index (χ3v) is 8.03. The Morgan fingerprint density at radius 2 is 1.03 bits per heavy atom. The van der Waals surface area contributed by atoms with Crippen molar-refractivity contribution in [3.8, 4) is 11.1 Å². The van der Waals surface area contributed by atoms with Gasteiger partial charge in [0, 0.05) is 41.4 Å². The van der Waals surface area contributed by atoms with E-state index >= 15 is 0 Å². The van der Waals surface area contributed by atoms with Gasteiger partial charge < -0.3 is 0 Å². The van der Waals surface area contributed by atoms with E-state index in [0.29, 0.717) is 16.7 Å². The lowest BCUT2D eigenvalue weighted by atomic mass is 9.54. The summed E-state index contributed by atoms with van der Waals surface area (Å²) in [5.41, 5.74) is 3.66. The van der Waals surface area contributed by atoms with Crippen molar-refractivity contribution in [3.05, 3.63) is 131 Å². The number of aldehydes is 1. The molecule has 180 valence electrons. The molecular formula is C33H24O4. The molecule has 0 aliphatic heterocycles. The SMILES string of the molecule is O=Cc1ccc(-c2ccc([C@@H]3CC(=O)C[C@H](c4ccccc4)C34C(=O)c3ccccc3C4=O)cc2)cc1. The van der Waals surface area contributed by atoms with Crippen molar-refractivity contribution >= 4 is 23.6 Å². The van der Waals surface area contributed by atoms with E-state index in [1.54, 1.807) is 36.4 Å². The van der Waals surface area contributed by atoms with Crippen LogP contribution in [0.3, 0.4) is 0 Å². The molecule has 0 aromatic heterocycles. The molecule has 2 aliphatic rings. The molecular weight excluding hydrogens is 460 g/mol. The van der Waals surface area contributed by atoms with Crippen molar-refractivity contribution < 1.29 is 19.2 Å². The fourth-order valence-corrected chi connectivity index (χ4v) is 6.27. The zero-order valence-corrected chi connectivity index (χ0v) is 20.1. The van der Waals surface area contributed by atoms with Crippen molar-refractivity contribution in [1.82, 2.24) is 0 Å². The quantitative estimate of drug-likeness (QED) is 0.246. The number of ketones is 3. The largest absolute Gasteiger partial charge is 0.300 e. The van der Waals surface area contributed by atoms with Crippen LogP contribution in [0.5, 0.6) is 0 Å². The minimum Gasteiger partial charge on any atom is -0.300 e. The second-order valence-corrected chi connectivity index (χ2v) is 9.90. The minimum absolute atomic E-state index is 0.0505. The Bertz CT molecular complexity index is 1500. The lowest BCUT2D eigenvalue weighted by Gasteiger charge is -2.44. The van der Waals surface area contributed by atoms with Crippen LogP contribution in [0.1, 0.15) is 66.9 Å². The number of benzene rings is 4. The Kier molecular flexibility index (Phi) is 5.53. The molecule has 4 aromatic carbocycles. The second kappa shape index (κ2) is 8.90. The van der Waals surface area contributed by atoms with E-state index in [1.165, 1.54) is 0 Å². The molecule has 0 saturated heterocycles. The summed E-state index contributed by atoms with van der Waals surface area (Å²) < 4.78 is 0. The summed E-state index contributed by atoms with van der Waals surface area (Å²) in [4.78, 5) is 52.7. The van der Waals surface area contributed by atoms with Gasteiger partial charge in [-0.15, -0.1) is 0 Å². The van der Waals surface area contributed by atoms with E-state index in [-0.39, 0.29) is 30.2 Å². The Balaban J connectivity index is 1.49. The number of carbonyl (C=O) groups is 4. The van der Waals surface area contributed by atoms with Crippen molar-refractivity contribution in [2.24, 2.45) is 5.41 Å². The van der Waals surface area contributed by atoms with Gasteiger partial charge in [0.15, 0.2) is 11.6 Å². The van der Waals surface area contributed by atoms with Crippen molar-refractivity contribution in [2.75, 3.05) is 0 Å². The van der Waals surface area contributed by atoms with Crippen LogP contribution < -0.4 is 0 Å². The van der Waals surface area contributed by atoms with Crippen LogP contribution in [0.25, 0.3) is 11.1 Å². The van der Waals surface area contributed by atoms with Gasteiger partial charge in [-0.1, -0.05) is 103 Å². The fourth-order valence-electron chi connectivity index (χ4n) is 6.27. The summed E-state index contributed by atoms with van der Waals surface area (Å²) in [5.74, 6) is -1.43. The van der Waals surface area contributed by atoms with Crippen LogP contribution in [-0.4, -0.2) is 23.6 Å². The van der Waals surface area contributed by atoms with Gasteiger partial charge in [-0.3, -0.25) is 19.2 Å². The Morgan fingerprint density at radius 1 is 0.568 bits per heavy atom. The van der Waals surface area contributed by atoms with Gasteiger partial charge in [0.05, 0.1) is 0 Å². The third-order valence-electron chi connectivity index (χ3n) is 8.03. The second-order valence-electron chi connectivity index (χ2n) is 9.90. The van der Waals surface area contributed by atoms with Crippen molar-refractivity contribution in [3.63, 3.8) is 0 Å². The predicted molar refractivity (Wildman–Crippen MR) is 141 cm³/mol. The molecule has 1 spiro atoms. The molecule has 0 radical (unpaired) electrons. The summed E-state index contributed by atoms with van der Waals surface area (Å²) in [5, 5.41) is 0. The third kappa shape index (κ3) is 3.52. The summed E-state index contributed by atoms with van der Waals surface area (Å²) in [7, 11) is 0. The first-order valence-electron chi connectivity index (χ1n) is 12.4. The predicted octanol–water partition coefficient (Wildman–Crippen LogP) is 6.46. The van der Waals surface area contributed by atoms with Gasteiger partial charge in [-0.25, -0.2) is 0 Å². The average molecular weight is 485 g/mol. The van der Waals surface area contributed by atoms with Crippen LogP contribution in [0.4, 0.5) is 0 Å². The zero-order chi connectivity index (χ0) is 25.6. The molecule has 6 rings (SSSR count). The lowest BCUT2D eigenvalue weighted by Crippen LogP contribution is -2.49. The lowest BCUT2D eigenvalue weighted by molar-refractivity contribution is -0.122. The average Bonchev–Trinajstić information content (AvgIpc) is 3.17. The summed E-state index contributed by atoms with van der Waals surface area (Å²) >= 11 is 0. The smallest absolute Gasteiger partial charge is 0.178 e. The van der Waals surface area contributed by atoms with Gasteiger partial charge >= 0.3 is 0 Å². The van der Waals surface area contributed by atoms with Crippen LogP contribution in [0.15, 0.2) is 103 Å². The maximum Gasteiger partial charge on any atom is 0.178 e. The molecule has 1 fully saturated rings. The summed E-state index contributed by atoms with van der Waals surface area (Å²) in [6.45, 7) is 0. The molecule has 2 aliphatic carbocycles. The normalized spacial score (nSPS) is 20.2. The molecule has 0 bridgehead atoms. The molecule has 4 heteroatoms. The highest BCUT2D eigenvalue weighted by molar-refractivity contribution is 6.31. The van der Waals surface area contributed by atoms with E-state index in [0.717, 1.165) is 28.5 Å². The highest BCUT2D eigenvalue weighted by Gasteiger charge is 2.64. The van der Waals surface area contributed by atoms with E-state index in [2.05, 4.69) is 0 Å². The first-order chi connectivity index (χ1) is 18.0. The van der Waals surface area contributed by atoms with Crippen molar-refractivity contribution in [2.45, 2.75) is 24.7 Å². The Hall–Kier alpha value is -4.44. The molecule has 4 aromatic rings. The van der Waals surface area contributed by atoms with Crippen LogP contribution in [-0.2, 0) is 4.79 Å². The molecule has 0 N–H and O–H groups in total. The Labute approximate surface area is 215 Å². The summed E-state index contributed by atoms with van der Waals surface area (Å²) in [6, 6.07) is 31.6. The number of Topliss-reactive ketones (excluding diaryl/α,β-unsaturated/α-hetero) is 3. The van der Waals surface area contributed by atoms with Crippen LogP contribution >= 0.6 is 0 Å². The van der Waals surface area contributed by atoms with Crippen LogP contribution in [0.2, 0.25) is 0 Å². The number of hydrogen-bond acceptors (Lipinski definition) is 4. The van der Waals surface area contributed by atoms with Gasteiger partial charge in [-0.2, -0.15) is 0 Å². The maximum absolute atomic E-state index is 14.2. The first kappa shape index (κ1) is 23.0. The molecule has 0 heterocycles. The van der Waals surface area contributed by atoms with Crippen molar-refractivity contribution in [1.29, 1.82) is 0 Å². The Morgan fingerprint density at radius 3 is 1.54 bits per heavy atom. The van der Waals surface area contributed by atoms with Gasteiger partial charge in [0.2, 0.25) is 0 Å². The molecule has 1 saturated carbocycles. The zero-order valence-electron chi connectivity index (χ0n) is 20.1. The molecule has 4 nitrogen and oxygen atoms in total. The monoisotopic (exact) mass is 484 g/mol. The van der Waals surface area contributed by atoms with E-state index < -0.39 is 17.3 Å². The summed E-state index contributed by atoms with van der Waals surface area (Å²) in [6.07, 6.45) is 1.11. The molecule has 2 atom stereocenters.